The quantitative estimate of drug-likeness (QED) is 0.851. The van der Waals surface area contributed by atoms with Crippen LogP contribution >= 0.6 is 0 Å². The van der Waals surface area contributed by atoms with Gasteiger partial charge in [0.05, 0.1) is 17.1 Å². The van der Waals surface area contributed by atoms with E-state index in [1.807, 2.05) is 19.3 Å². The second-order valence-corrected chi connectivity index (χ2v) is 4.66. The van der Waals surface area contributed by atoms with Gasteiger partial charge in [-0.2, -0.15) is 5.10 Å². The molecule has 0 spiro atoms. The standard InChI is InChI=1S/C13H20N4/c1-9(2)17-11(4)13(10(3)16-17)15-8-12-5-6-14-7-12/h5-7,9,14-15H,8H2,1-4H3. The lowest BCUT2D eigenvalue weighted by Gasteiger charge is -2.09. The zero-order chi connectivity index (χ0) is 12.4. The zero-order valence-corrected chi connectivity index (χ0v) is 10.9. The number of rotatable bonds is 4. The smallest absolute Gasteiger partial charge is 0.0828 e. The van der Waals surface area contributed by atoms with Gasteiger partial charge >= 0.3 is 0 Å². The molecule has 0 radical (unpaired) electrons. The molecule has 0 amide bonds. The fourth-order valence-electron chi connectivity index (χ4n) is 2.08. The fourth-order valence-corrected chi connectivity index (χ4v) is 2.08. The Bertz CT molecular complexity index is 480. The van der Waals surface area contributed by atoms with Gasteiger partial charge in [-0.25, -0.2) is 0 Å². The van der Waals surface area contributed by atoms with Crippen LogP contribution in [0.1, 0.15) is 36.8 Å². The van der Waals surface area contributed by atoms with E-state index in [9.17, 15) is 0 Å². The van der Waals surface area contributed by atoms with Crippen molar-refractivity contribution in [1.82, 2.24) is 14.8 Å². The predicted octanol–water partition coefficient (Wildman–Crippen LogP) is 3.02. The van der Waals surface area contributed by atoms with Crippen LogP contribution in [0.3, 0.4) is 0 Å². The fraction of sp³-hybridized carbons (Fsp3) is 0.462. The van der Waals surface area contributed by atoms with E-state index in [1.54, 1.807) is 0 Å². The summed E-state index contributed by atoms with van der Waals surface area (Å²) in [6.07, 6.45) is 3.94. The van der Waals surface area contributed by atoms with E-state index in [-0.39, 0.29) is 0 Å². The summed E-state index contributed by atoms with van der Waals surface area (Å²) in [5, 5.41) is 8.01. The summed E-state index contributed by atoms with van der Waals surface area (Å²) < 4.78 is 2.06. The monoisotopic (exact) mass is 232 g/mol. The lowest BCUT2D eigenvalue weighted by molar-refractivity contribution is 0.516. The van der Waals surface area contributed by atoms with Gasteiger partial charge in [0.2, 0.25) is 0 Å². The van der Waals surface area contributed by atoms with Crippen LogP contribution in [0.4, 0.5) is 5.69 Å². The summed E-state index contributed by atoms with van der Waals surface area (Å²) in [7, 11) is 0. The van der Waals surface area contributed by atoms with Crippen LogP contribution in [-0.4, -0.2) is 14.8 Å². The topological polar surface area (TPSA) is 45.6 Å². The summed E-state index contributed by atoms with van der Waals surface area (Å²) in [4.78, 5) is 3.06. The van der Waals surface area contributed by atoms with E-state index in [4.69, 9.17) is 0 Å². The van der Waals surface area contributed by atoms with Gasteiger partial charge in [0.25, 0.3) is 0 Å². The van der Waals surface area contributed by atoms with Gasteiger partial charge in [0, 0.05) is 25.0 Å². The zero-order valence-electron chi connectivity index (χ0n) is 10.9. The molecule has 0 aliphatic carbocycles. The largest absolute Gasteiger partial charge is 0.378 e. The van der Waals surface area contributed by atoms with Gasteiger partial charge in [0.1, 0.15) is 0 Å². The number of aryl methyl sites for hydroxylation is 1. The van der Waals surface area contributed by atoms with Crippen molar-refractivity contribution in [3.05, 3.63) is 35.4 Å². The van der Waals surface area contributed by atoms with Crippen LogP contribution in [0, 0.1) is 13.8 Å². The molecular weight excluding hydrogens is 212 g/mol. The van der Waals surface area contributed by atoms with Crippen molar-refractivity contribution in [1.29, 1.82) is 0 Å². The Morgan fingerprint density at radius 1 is 1.41 bits per heavy atom. The molecule has 0 bridgehead atoms. The molecule has 0 fully saturated rings. The van der Waals surface area contributed by atoms with Crippen molar-refractivity contribution in [2.45, 2.75) is 40.3 Å². The summed E-state index contributed by atoms with van der Waals surface area (Å²) in [5.41, 5.74) is 4.67. The van der Waals surface area contributed by atoms with Gasteiger partial charge in [-0.1, -0.05) is 0 Å². The van der Waals surface area contributed by atoms with Crippen molar-refractivity contribution in [2.24, 2.45) is 0 Å². The van der Waals surface area contributed by atoms with Crippen LogP contribution < -0.4 is 5.32 Å². The Hall–Kier alpha value is -1.71. The number of aromatic nitrogens is 3. The molecule has 2 rings (SSSR count). The van der Waals surface area contributed by atoms with Crippen molar-refractivity contribution < 1.29 is 0 Å². The van der Waals surface area contributed by atoms with Crippen molar-refractivity contribution in [3.63, 3.8) is 0 Å². The molecule has 0 atom stereocenters. The van der Waals surface area contributed by atoms with E-state index in [0.717, 1.165) is 17.9 Å². The van der Waals surface area contributed by atoms with Crippen LogP contribution in [0.5, 0.6) is 0 Å². The molecule has 92 valence electrons. The second kappa shape index (κ2) is 4.65. The van der Waals surface area contributed by atoms with Crippen LogP contribution in [0.25, 0.3) is 0 Å². The Balaban J connectivity index is 2.15. The molecule has 0 saturated heterocycles. The highest BCUT2D eigenvalue weighted by Gasteiger charge is 2.12. The third-order valence-electron chi connectivity index (χ3n) is 2.95. The molecule has 17 heavy (non-hydrogen) atoms. The number of hydrogen-bond acceptors (Lipinski definition) is 2. The molecule has 0 aromatic carbocycles. The second-order valence-electron chi connectivity index (χ2n) is 4.66. The Labute approximate surface area is 102 Å². The molecular formula is C13H20N4. The average molecular weight is 232 g/mol. The summed E-state index contributed by atoms with van der Waals surface area (Å²) in [6.45, 7) is 9.28. The molecule has 4 nitrogen and oxygen atoms in total. The third kappa shape index (κ3) is 2.35. The van der Waals surface area contributed by atoms with Gasteiger partial charge in [-0.05, 0) is 39.3 Å². The number of H-pyrrole nitrogens is 1. The first-order valence-corrected chi connectivity index (χ1v) is 6.01. The number of nitrogens with zero attached hydrogens (tertiary/aromatic N) is 2. The van der Waals surface area contributed by atoms with E-state index in [0.29, 0.717) is 6.04 Å². The van der Waals surface area contributed by atoms with Gasteiger partial charge in [-0.15, -0.1) is 0 Å². The Kier molecular flexibility index (Phi) is 3.22. The first kappa shape index (κ1) is 11.8. The minimum absolute atomic E-state index is 0.400. The maximum Gasteiger partial charge on any atom is 0.0828 e. The maximum absolute atomic E-state index is 4.56. The molecule has 2 N–H and O–H groups in total. The molecule has 0 aliphatic rings. The van der Waals surface area contributed by atoms with E-state index in [1.165, 1.54) is 11.3 Å². The maximum atomic E-state index is 4.56. The number of hydrogen-bond donors (Lipinski definition) is 2. The lowest BCUT2D eigenvalue weighted by atomic mass is 10.2. The van der Waals surface area contributed by atoms with E-state index in [2.05, 4.69) is 46.9 Å². The minimum Gasteiger partial charge on any atom is -0.378 e. The highest BCUT2D eigenvalue weighted by molar-refractivity contribution is 5.52. The van der Waals surface area contributed by atoms with Crippen molar-refractivity contribution >= 4 is 5.69 Å². The molecule has 2 aromatic rings. The normalized spacial score (nSPS) is 11.1. The molecule has 2 heterocycles. The summed E-state index contributed by atoms with van der Waals surface area (Å²) in [6, 6.07) is 2.47. The molecule has 0 saturated carbocycles. The highest BCUT2D eigenvalue weighted by Crippen LogP contribution is 2.22. The van der Waals surface area contributed by atoms with Gasteiger partial charge in [0.15, 0.2) is 0 Å². The molecule has 0 aliphatic heterocycles. The van der Waals surface area contributed by atoms with Crippen LogP contribution in [0.15, 0.2) is 18.5 Å². The van der Waals surface area contributed by atoms with E-state index >= 15 is 0 Å². The molecule has 2 aromatic heterocycles. The predicted molar refractivity (Wildman–Crippen MR) is 70.2 cm³/mol. The third-order valence-corrected chi connectivity index (χ3v) is 2.95. The molecule has 4 heteroatoms. The minimum atomic E-state index is 0.400. The first-order valence-electron chi connectivity index (χ1n) is 6.01. The highest BCUT2D eigenvalue weighted by atomic mass is 15.3. The van der Waals surface area contributed by atoms with E-state index < -0.39 is 0 Å². The van der Waals surface area contributed by atoms with Gasteiger partial charge in [-0.3, -0.25) is 4.68 Å². The Morgan fingerprint density at radius 2 is 2.18 bits per heavy atom. The number of nitrogens with one attached hydrogen (secondary N) is 2. The first-order chi connectivity index (χ1) is 8.09. The summed E-state index contributed by atoms with van der Waals surface area (Å²) >= 11 is 0. The van der Waals surface area contributed by atoms with Crippen molar-refractivity contribution in [2.75, 3.05) is 5.32 Å². The molecule has 0 unspecified atom stereocenters. The van der Waals surface area contributed by atoms with Crippen LogP contribution in [0.2, 0.25) is 0 Å². The SMILES string of the molecule is Cc1nn(C(C)C)c(C)c1NCc1cc[nH]c1. The Morgan fingerprint density at radius 3 is 2.71 bits per heavy atom. The number of aromatic amines is 1. The van der Waals surface area contributed by atoms with Crippen LogP contribution in [-0.2, 0) is 6.54 Å². The number of anilines is 1. The van der Waals surface area contributed by atoms with Gasteiger partial charge < -0.3 is 10.3 Å². The van der Waals surface area contributed by atoms with Crippen molar-refractivity contribution in [3.8, 4) is 0 Å². The lowest BCUT2D eigenvalue weighted by Crippen LogP contribution is -2.06. The average Bonchev–Trinajstić information content (AvgIpc) is 2.86. The summed E-state index contributed by atoms with van der Waals surface area (Å²) in [5.74, 6) is 0.